The van der Waals surface area contributed by atoms with Gasteiger partial charge in [-0.05, 0) is 60.5 Å². The van der Waals surface area contributed by atoms with E-state index >= 15 is 0 Å². The first-order valence-electron chi connectivity index (χ1n) is 13.7. The average molecular weight is 515 g/mol. The lowest BCUT2D eigenvalue weighted by Gasteiger charge is -2.37. The summed E-state index contributed by atoms with van der Waals surface area (Å²) >= 11 is 0. The zero-order valence-corrected chi connectivity index (χ0v) is 21.5. The summed E-state index contributed by atoms with van der Waals surface area (Å²) in [6, 6.07) is 27.1. The Bertz CT molecular complexity index is 1820. The Morgan fingerprint density at radius 3 is 2.44 bits per heavy atom. The summed E-state index contributed by atoms with van der Waals surface area (Å²) in [5.74, 6) is 0.799. The van der Waals surface area contributed by atoms with Crippen LogP contribution in [0.2, 0.25) is 0 Å². The number of nitrogens with zero attached hydrogens (tertiary/aromatic N) is 1. The van der Waals surface area contributed by atoms with E-state index in [0.717, 1.165) is 52.3 Å². The van der Waals surface area contributed by atoms with Crippen LogP contribution in [0, 0.1) is 5.82 Å². The number of ether oxygens (including phenoxy) is 1. The molecule has 1 unspecified atom stereocenters. The maximum absolute atomic E-state index is 14.8. The van der Waals surface area contributed by atoms with Crippen LogP contribution in [-0.4, -0.2) is 23.9 Å². The Morgan fingerprint density at radius 1 is 0.795 bits per heavy atom. The second-order valence-corrected chi connectivity index (χ2v) is 11.0. The first-order chi connectivity index (χ1) is 19.1. The van der Waals surface area contributed by atoms with Gasteiger partial charge in [-0.3, -0.25) is 9.69 Å². The zero-order chi connectivity index (χ0) is 26.1. The number of rotatable bonds is 2. The minimum Gasteiger partial charge on any atom is -0.455 e. The molecule has 1 amide bonds. The predicted molar refractivity (Wildman–Crippen MR) is 152 cm³/mol. The van der Waals surface area contributed by atoms with Crippen molar-refractivity contribution in [1.82, 2.24) is 4.90 Å². The Labute approximate surface area is 226 Å². The van der Waals surface area contributed by atoms with Crippen LogP contribution >= 0.6 is 0 Å². The van der Waals surface area contributed by atoms with Gasteiger partial charge in [0.15, 0.2) is 0 Å². The van der Waals surface area contributed by atoms with Gasteiger partial charge in [-0.2, -0.15) is 0 Å². The fourth-order valence-corrected chi connectivity index (χ4v) is 7.02. The minimum absolute atomic E-state index is 0.183. The smallest absolute Gasteiger partial charge is 0.244 e. The van der Waals surface area contributed by atoms with E-state index in [1.165, 1.54) is 37.0 Å². The normalized spacial score (nSPS) is 20.0. The van der Waals surface area contributed by atoms with Crippen LogP contribution in [0.1, 0.15) is 41.5 Å². The molecule has 1 fully saturated rings. The van der Waals surface area contributed by atoms with E-state index in [-0.39, 0.29) is 11.7 Å². The molecule has 3 aliphatic rings. The van der Waals surface area contributed by atoms with Gasteiger partial charge < -0.3 is 10.1 Å². The van der Waals surface area contributed by atoms with Crippen molar-refractivity contribution in [2.24, 2.45) is 0 Å². The summed E-state index contributed by atoms with van der Waals surface area (Å²) in [5, 5.41) is 7.13. The fraction of sp³-hybridized carbons (Fsp3) is 0.206. The topological polar surface area (TPSA) is 41.6 Å². The van der Waals surface area contributed by atoms with Gasteiger partial charge in [0, 0.05) is 39.7 Å². The molecule has 0 aromatic heterocycles. The van der Waals surface area contributed by atoms with Gasteiger partial charge in [-0.15, -0.1) is 0 Å². The molecule has 8 rings (SSSR count). The van der Waals surface area contributed by atoms with Gasteiger partial charge in [0.1, 0.15) is 22.7 Å². The first-order valence-corrected chi connectivity index (χ1v) is 13.7. The van der Waals surface area contributed by atoms with Gasteiger partial charge in [-0.25, -0.2) is 4.39 Å². The Morgan fingerprint density at radius 2 is 1.56 bits per heavy atom. The summed E-state index contributed by atoms with van der Waals surface area (Å²) < 4.78 is 21.8. The van der Waals surface area contributed by atoms with Gasteiger partial charge >= 0.3 is 0 Å². The van der Waals surface area contributed by atoms with E-state index < -0.39 is 5.41 Å². The molecule has 1 spiro atoms. The molecule has 0 bridgehead atoms. The second kappa shape index (κ2) is 8.39. The number of carbonyl (C=O) groups excluding carboxylic acids is 1. The van der Waals surface area contributed by atoms with Crippen LogP contribution in [0.3, 0.4) is 0 Å². The van der Waals surface area contributed by atoms with Gasteiger partial charge in [0.25, 0.3) is 0 Å². The molecule has 3 heterocycles. The minimum atomic E-state index is -1.23. The van der Waals surface area contributed by atoms with Crippen molar-refractivity contribution in [2.75, 3.05) is 18.4 Å². The third-order valence-corrected chi connectivity index (χ3v) is 8.79. The third-order valence-electron chi connectivity index (χ3n) is 8.79. The van der Waals surface area contributed by atoms with E-state index in [2.05, 4.69) is 34.5 Å². The SMILES string of the molecule is O=C1Nc2ccc(F)cc2C12c1ccc3ccccc3c1Oc1c2ccc2cccc(CN3CCCCC3)c12. The molecule has 5 aromatic carbocycles. The van der Waals surface area contributed by atoms with E-state index in [4.69, 9.17) is 4.74 Å². The van der Waals surface area contributed by atoms with Crippen LogP contribution in [0.4, 0.5) is 10.1 Å². The molecule has 3 aliphatic heterocycles. The average Bonchev–Trinajstić information content (AvgIpc) is 3.25. The quantitative estimate of drug-likeness (QED) is 0.265. The Kier molecular flexibility index (Phi) is 4.89. The van der Waals surface area contributed by atoms with Crippen LogP contribution < -0.4 is 10.1 Å². The fourth-order valence-electron chi connectivity index (χ4n) is 7.02. The molecule has 192 valence electrons. The predicted octanol–water partition coefficient (Wildman–Crippen LogP) is 7.51. The number of halogens is 1. The maximum Gasteiger partial charge on any atom is 0.244 e. The van der Waals surface area contributed by atoms with Crippen LogP contribution in [0.25, 0.3) is 21.5 Å². The number of carbonyl (C=O) groups is 1. The van der Waals surface area contributed by atoms with E-state index in [1.54, 1.807) is 6.07 Å². The summed E-state index contributed by atoms with van der Waals surface area (Å²) in [5.41, 5.74) is 2.71. The third kappa shape index (κ3) is 3.17. The van der Waals surface area contributed by atoms with Gasteiger partial charge in [-0.1, -0.05) is 73.2 Å². The molecule has 0 aliphatic carbocycles. The number of hydrogen-bond acceptors (Lipinski definition) is 3. The van der Waals surface area contributed by atoms with Crippen molar-refractivity contribution in [1.29, 1.82) is 0 Å². The maximum atomic E-state index is 14.8. The molecule has 4 nitrogen and oxygen atoms in total. The van der Waals surface area contributed by atoms with E-state index in [0.29, 0.717) is 22.7 Å². The monoisotopic (exact) mass is 514 g/mol. The number of nitrogens with one attached hydrogen (secondary N) is 1. The van der Waals surface area contributed by atoms with Gasteiger partial charge in [0.05, 0.1) is 0 Å². The van der Waals surface area contributed by atoms with E-state index in [1.807, 2.05) is 42.5 Å². The summed E-state index contributed by atoms with van der Waals surface area (Å²) in [6.07, 6.45) is 3.71. The molecule has 0 radical (unpaired) electrons. The number of likely N-dealkylation sites (tertiary alicyclic amines) is 1. The molecular weight excluding hydrogens is 487 g/mol. The van der Waals surface area contributed by atoms with Crippen molar-refractivity contribution in [3.8, 4) is 11.5 Å². The Balaban J connectivity index is 1.47. The van der Waals surface area contributed by atoms with Gasteiger partial charge in [0.2, 0.25) is 5.91 Å². The lowest BCUT2D eigenvalue weighted by Crippen LogP contribution is -2.39. The van der Waals surface area contributed by atoms with Crippen LogP contribution in [0.15, 0.2) is 84.9 Å². The highest BCUT2D eigenvalue weighted by molar-refractivity contribution is 6.15. The van der Waals surface area contributed by atoms with Crippen LogP contribution in [0.5, 0.6) is 11.5 Å². The standard InChI is InChI=1S/C34H27FN2O2/c35-24-13-16-29-28(19-24)34(33(38)36-29)26-14-11-21-7-2-3-10-25(21)31(26)39-32-27(34)15-12-22-8-6-9-23(30(22)32)20-37-17-4-1-5-18-37/h2-3,6-16,19H,1,4-5,17-18,20H2,(H,36,38). The molecular formula is C34H27FN2O2. The lowest BCUT2D eigenvalue weighted by atomic mass is 9.67. The molecule has 1 atom stereocenters. The molecule has 39 heavy (non-hydrogen) atoms. The highest BCUT2D eigenvalue weighted by Crippen LogP contribution is 2.59. The lowest BCUT2D eigenvalue weighted by molar-refractivity contribution is -0.118. The number of amides is 1. The number of piperidine rings is 1. The summed E-state index contributed by atoms with van der Waals surface area (Å²) in [6.45, 7) is 2.99. The largest absolute Gasteiger partial charge is 0.455 e. The Hall–Kier alpha value is -4.22. The zero-order valence-electron chi connectivity index (χ0n) is 21.5. The highest BCUT2D eigenvalue weighted by atomic mass is 19.1. The van der Waals surface area contributed by atoms with Crippen molar-refractivity contribution >= 4 is 33.1 Å². The number of anilines is 1. The molecule has 5 aromatic rings. The van der Waals surface area contributed by atoms with Crippen LogP contribution in [-0.2, 0) is 16.8 Å². The van der Waals surface area contributed by atoms with Crippen molar-refractivity contribution in [2.45, 2.75) is 31.2 Å². The molecule has 0 saturated carbocycles. The van der Waals surface area contributed by atoms with Crippen molar-refractivity contribution in [3.05, 3.63) is 113 Å². The summed E-state index contributed by atoms with van der Waals surface area (Å²) in [4.78, 5) is 16.7. The second-order valence-electron chi connectivity index (χ2n) is 11.0. The van der Waals surface area contributed by atoms with Crippen molar-refractivity contribution in [3.63, 3.8) is 0 Å². The number of benzene rings is 5. The molecule has 1 saturated heterocycles. The first kappa shape index (κ1) is 22.7. The van der Waals surface area contributed by atoms with E-state index in [9.17, 15) is 9.18 Å². The number of hydrogen-bond donors (Lipinski definition) is 1. The summed E-state index contributed by atoms with van der Waals surface area (Å²) in [7, 11) is 0. The van der Waals surface area contributed by atoms with Crippen molar-refractivity contribution < 1.29 is 13.9 Å². The number of fused-ring (bicyclic) bond motifs is 10. The highest BCUT2D eigenvalue weighted by Gasteiger charge is 2.55. The molecule has 5 heteroatoms. The molecule has 1 N–H and O–H groups in total.